The molecule has 1 aliphatic carbocycles. The Balaban J connectivity index is 2.13. The highest BCUT2D eigenvalue weighted by Gasteiger charge is 2.19. The van der Waals surface area contributed by atoms with Crippen molar-refractivity contribution >= 4 is 21.9 Å². The minimum Gasteiger partial charge on any atom is -0.353 e. The van der Waals surface area contributed by atoms with Crippen LogP contribution in [0.5, 0.6) is 0 Å². The van der Waals surface area contributed by atoms with E-state index in [0.29, 0.717) is 12.1 Å². The zero-order valence-electron chi connectivity index (χ0n) is 8.63. The van der Waals surface area contributed by atoms with Gasteiger partial charge in [-0.3, -0.25) is 0 Å². The summed E-state index contributed by atoms with van der Waals surface area (Å²) in [6.07, 6.45) is 5.94. The van der Waals surface area contributed by atoms with Crippen LogP contribution in [0.15, 0.2) is 10.8 Å². The SMILES string of the molecule is CC(C)n1cc(Br)nc1NC1CCC1. The third kappa shape index (κ3) is 1.95. The lowest BCUT2D eigenvalue weighted by Crippen LogP contribution is -2.28. The Labute approximate surface area is 93.0 Å². The molecule has 2 rings (SSSR count). The first-order chi connectivity index (χ1) is 6.66. The first-order valence-electron chi connectivity index (χ1n) is 5.17. The van der Waals surface area contributed by atoms with Crippen LogP contribution < -0.4 is 5.32 Å². The minimum atomic E-state index is 0.455. The Morgan fingerprint density at radius 1 is 1.57 bits per heavy atom. The van der Waals surface area contributed by atoms with E-state index in [1.54, 1.807) is 0 Å². The molecule has 0 radical (unpaired) electrons. The van der Waals surface area contributed by atoms with Crippen LogP contribution in [0, 0.1) is 0 Å². The molecule has 1 fully saturated rings. The summed E-state index contributed by atoms with van der Waals surface area (Å²) in [5, 5.41) is 3.47. The summed E-state index contributed by atoms with van der Waals surface area (Å²) in [4.78, 5) is 4.42. The van der Waals surface area contributed by atoms with Crippen LogP contribution in [0.3, 0.4) is 0 Å². The third-order valence-electron chi connectivity index (χ3n) is 2.70. The monoisotopic (exact) mass is 257 g/mol. The van der Waals surface area contributed by atoms with Crippen molar-refractivity contribution in [1.82, 2.24) is 9.55 Å². The number of halogens is 1. The molecule has 4 heteroatoms. The molecular formula is C10H16BrN3. The number of nitrogens with zero attached hydrogens (tertiary/aromatic N) is 2. The van der Waals surface area contributed by atoms with E-state index in [9.17, 15) is 0 Å². The van der Waals surface area contributed by atoms with Crippen molar-refractivity contribution in [3.63, 3.8) is 0 Å². The van der Waals surface area contributed by atoms with E-state index in [2.05, 4.69) is 44.6 Å². The first-order valence-corrected chi connectivity index (χ1v) is 5.97. The maximum Gasteiger partial charge on any atom is 0.204 e. The van der Waals surface area contributed by atoms with Crippen LogP contribution in [0.2, 0.25) is 0 Å². The van der Waals surface area contributed by atoms with Gasteiger partial charge in [-0.05, 0) is 49.0 Å². The van der Waals surface area contributed by atoms with E-state index < -0.39 is 0 Å². The largest absolute Gasteiger partial charge is 0.353 e. The van der Waals surface area contributed by atoms with Crippen molar-refractivity contribution in [2.45, 2.75) is 45.2 Å². The van der Waals surface area contributed by atoms with Gasteiger partial charge in [0.1, 0.15) is 4.60 Å². The van der Waals surface area contributed by atoms with Gasteiger partial charge in [-0.25, -0.2) is 4.98 Å². The molecule has 1 saturated carbocycles. The maximum absolute atomic E-state index is 4.42. The molecule has 0 amide bonds. The standard InChI is InChI=1S/C10H16BrN3/c1-7(2)14-6-9(11)13-10(14)12-8-4-3-5-8/h6-8H,3-5H2,1-2H3,(H,12,13). The summed E-state index contributed by atoms with van der Waals surface area (Å²) in [5.41, 5.74) is 0. The van der Waals surface area contributed by atoms with E-state index in [4.69, 9.17) is 0 Å². The third-order valence-corrected chi connectivity index (χ3v) is 3.08. The fourth-order valence-corrected chi connectivity index (χ4v) is 1.99. The Morgan fingerprint density at radius 2 is 2.29 bits per heavy atom. The van der Waals surface area contributed by atoms with Crippen LogP contribution in [-0.4, -0.2) is 15.6 Å². The summed E-state index contributed by atoms with van der Waals surface area (Å²) in [6, 6.07) is 1.10. The van der Waals surface area contributed by atoms with Crippen molar-refractivity contribution in [2.75, 3.05) is 5.32 Å². The first kappa shape index (κ1) is 10.0. The molecule has 0 aliphatic heterocycles. The molecule has 1 heterocycles. The van der Waals surface area contributed by atoms with Crippen LogP contribution in [0.25, 0.3) is 0 Å². The molecule has 1 N–H and O–H groups in total. The second kappa shape index (κ2) is 3.93. The van der Waals surface area contributed by atoms with Gasteiger partial charge < -0.3 is 9.88 Å². The highest BCUT2D eigenvalue weighted by atomic mass is 79.9. The van der Waals surface area contributed by atoms with Gasteiger partial charge in [-0.15, -0.1) is 0 Å². The number of rotatable bonds is 3. The summed E-state index contributed by atoms with van der Waals surface area (Å²) < 4.78 is 3.08. The van der Waals surface area contributed by atoms with Gasteiger partial charge in [0.2, 0.25) is 5.95 Å². The van der Waals surface area contributed by atoms with Gasteiger partial charge in [-0.2, -0.15) is 0 Å². The van der Waals surface area contributed by atoms with Gasteiger partial charge in [0.25, 0.3) is 0 Å². The second-order valence-electron chi connectivity index (χ2n) is 4.16. The van der Waals surface area contributed by atoms with Crippen molar-refractivity contribution in [3.8, 4) is 0 Å². The van der Waals surface area contributed by atoms with Gasteiger partial charge in [0, 0.05) is 18.3 Å². The maximum atomic E-state index is 4.42. The van der Waals surface area contributed by atoms with Crippen LogP contribution in [0.4, 0.5) is 5.95 Å². The van der Waals surface area contributed by atoms with E-state index in [1.807, 2.05) is 6.20 Å². The molecule has 0 bridgehead atoms. The van der Waals surface area contributed by atoms with Crippen LogP contribution in [-0.2, 0) is 0 Å². The molecule has 1 aromatic rings. The van der Waals surface area contributed by atoms with Gasteiger partial charge in [-0.1, -0.05) is 0 Å². The van der Waals surface area contributed by atoms with E-state index in [0.717, 1.165) is 10.6 Å². The molecule has 78 valence electrons. The van der Waals surface area contributed by atoms with E-state index in [1.165, 1.54) is 19.3 Å². The molecule has 1 aliphatic rings. The lowest BCUT2D eigenvalue weighted by Gasteiger charge is -2.27. The number of hydrogen-bond acceptors (Lipinski definition) is 2. The lowest BCUT2D eigenvalue weighted by molar-refractivity contribution is 0.439. The molecule has 0 aromatic carbocycles. The summed E-state index contributed by atoms with van der Waals surface area (Å²) in [6.45, 7) is 4.33. The van der Waals surface area contributed by atoms with Gasteiger partial charge in [0.05, 0.1) is 0 Å². The molecule has 0 saturated heterocycles. The van der Waals surface area contributed by atoms with Crippen molar-refractivity contribution < 1.29 is 0 Å². The normalized spacial score (nSPS) is 17.1. The number of hydrogen-bond donors (Lipinski definition) is 1. The van der Waals surface area contributed by atoms with Gasteiger partial charge >= 0.3 is 0 Å². The Bertz CT molecular complexity index is 315. The zero-order chi connectivity index (χ0) is 10.1. The number of imidazole rings is 1. The molecule has 1 aromatic heterocycles. The zero-order valence-corrected chi connectivity index (χ0v) is 10.2. The molecular weight excluding hydrogens is 242 g/mol. The average Bonchev–Trinajstić information content (AvgIpc) is 2.39. The number of nitrogens with one attached hydrogen (secondary N) is 1. The molecule has 0 atom stereocenters. The Hall–Kier alpha value is -0.510. The van der Waals surface area contributed by atoms with E-state index in [-0.39, 0.29) is 0 Å². The fraction of sp³-hybridized carbons (Fsp3) is 0.700. The smallest absolute Gasteiger partial charge is 0.204 e. The molecule has 0 unspecified atom stereocenters. The van der Waals surface area contributed by atoms with Gasteiger partial charge in [0.15, 0.2) is 0 Å². The number of anilines is 1. The van der Waals surface area contributed by atoms with Crippen molar-refractivity contribution in [2.24, 2.45) is 0 Å². The Kier molecular flexibility index (Phi) is 2.81. The fourth-order valence-electron chi connectivity index (χ4n) is 1.60. The highest BCUT2D eigenvalue weighted by molar-refractivity contribution is 9.10. The topological polar surface area (TPSA) is 29.9 Å². The average molecular weight is 258 g/mol. The van der Waals surface area contributed by atoms with Crippen molar-refractivity contribution in [1.29, 1.82) is 0 Å². The lowest BCUT2D eigenvalue weighted by atomic mass is 9.93. The molecule has 14 heavy (non-hydrogen) atoms. The minimum absolute atomic E-state index is 0.455. The molecule has 0 spiro atoms. The second-order valence-corrected chi connectivity index (χ2v) is 4.97. The summed E-state index contributed by atoms with van der Waals surface area (Å²) in [5.74, 6) is 0.997. The molecule has 3 nitrogen and oxygen atoms in total. The summed E-state index contributed by atoms with van der Waals surface area (Å²) in [7, 11) is 0. The Morgan fingerprint density at radius 3 is 2.79 bits per heavy atom. The summed E-state index contributed by atoms with van der Waals surface area (Å²) >= 11 is 3.41. The number of aromatic nitrogens is 2. The van der Waals surface area contributed by atoms with E-state index >= 15 is 0 Å². The van der Waals surface area contributed by atoms with Crippen molar-refractivity contribution in [3.05, 3.63) is 10.8 Å². The quantitative estimate of drug-likeness (QED) is 0.902. The predicted molar refractivity (Wildman–Crippen MR) is 61.6 cm³/mol. The predicted octanol–water partition coefficient (Wildman–Crippen LogP) is 3.19. The highest BCUT2D eigenvalue weighted by Crippen LogP contribution is 2.25. The van der Waals surface area contributed by atoms with Crippen LogP contribution in [0.1, 0.15) is 39.2 Å². The van der Waals surface area contributed by atoms with Crippen LogP contribution >= 0.6 is 15.9 Å².